The summed E-state index contributed by atoms with van der Waals surface area (Å²) >= 11 is 0.693. The smallest absolute Gasteiger partial charge is 0.179 e. The summed E-state index contributed by atoms with van der Waals surface area (Å²) in [4.78, 5) is 0. The Bertz CT molecular complexity index is 4980. The minimum absolute atomic E-state index is 0.0305. The van der Waals surface area contributed by atoms with Crippen molar-refractivity contribution in [1.29, 1.82) is 0 Å². The Morgan fingerprint density at radius 1 is 0.391 bits per heavy atom. The Balaban J connectivity index is 1.27. The van der Waals surface area contributed by atoms with Crippen molar-refractivity contribution in [1.82, 2.24) is 9.13 Å². The number of aromatic nitrogens is 2. The molecule has 3 heterocycles. The van der Waals surface area contributed by atoms with Crippen molar-refractivity contribution < 1.29 is 28.8 Å². The van der Waals surface area contributed by atoms with Crippen molar-refractivity contribution in [2.75, 3.05) is 0 Å². The zero-order valence-corrected chi connectivity index (χ0v) is 35.1. The Kier molecular flexibility index (Phi) is 4.94. The van der Waals surface area contributed by atoms with Crippen LogP contribution in [0.2, 0.25) is 0 Å². The van der Waals surface area contributed by atoms with Crippen LogP contribution < -0.4 is 20.7 Å². The van der Waals surface area contributed by atoms with E-state index in [1.54, 1.807) is 0 Å². The van der Waals surface area contributed by atoms with E-state index >= 15 is 0 Å². The van der Waals surface area contributed by atoms with Crippen molar-refractivity contribution in [3.8, 4) is 22.5 Å². The van der Waals surface area contributed by atoms with Gasteiger partial charge in [0.2, 0.25) is 0 Å². The Morgan fingerprint density at radius 3 is 1.45 bits per heavy atom. The normalized spacial score (nSPS) is 16.7. The van der Waals surface area contributed by atoms with E-state index in [1.165, 1.54) is 0 Å². The predicted molar refractivity (Wildman–Crippen MR) is 277 cm³/mol. The highest BCUT2D eigenvalue weighted by molar-refractivity contribution is 7.26. The SMILES string of the molecule is [2H]c1c([2H])c([Si](c2ccccc2)(c2ccccc2)c2ccc(-c3ccccc3)cc2)c([2H])c([2H])c1-n1c2c([2H])c([2H])c([2H])c([2H])c2c2c([2H])c(-n3c4c([2H])c([2H])c([2H])c([2H])c4c4c([2H])c([2H])c([2H])c([2H])c43)c3sc4c([2H])c([2H])c([2H])c([2H])c4c3c21. The number of hydrogen-bond acceptors (Lipinski definition) is 1. The van der Waals surface area contributed by atoms with Gasteiger partial charge in [-0.3, -0.25) is 0 Å². The zero-order chi connectivity index (χ0) is 60.5. The largest absolute Gasteiger partial charge is 0.309 e. The number of rotatable bonds is 7. The molecule has 0 fully saturated rings. The van der Waals surface area contributed by atoms with Crippen LogP contribution in [0.5, 0.6) is 0 Å². The average molecular weight is 870 g/mol. The van der Waals surface area contributed by atoms with Gasteiger partial charge in [0, 0.05) is 42.7 Å². The van der Waals surface area contributed by atoms with Crippen LogP contribution in [0.4, 0.5) is 0 Å². The lowest BCUT2D eigenvalue weighted by atomic mass is 10.1. The number of hydrogen-bond donors (Lipinski definition) is 0. The van der Waals surface area contributed by atoms with Crippen LogP contribution in [0.25, 0.3) is 86.3 Å². The molecule has 0 aliphatic heterocycles. The predicted octanol–water partition coefficient (Wildman–Crippen LogP) is 13.3. The van der Waals surface area contributed by atoms with Gasteiger partial charge in [-0.2, -0.15) is 0 Å². The van der Waals surface area contributed by atoms with Crippen LogP contribution in [0, 0.1) is 0 Å². The van der Waals surface area contributed by atoms with Gasteiger partial charge < -0.3 is 9.13 Å². The molecule has 13 aromatic rings. The third kappa shape index (κ3) is 5.43. The van der Waals surface area contributed by atoms with Gasteiger partial charge in [-0.1, -0.05) is 200 Å². The van der Waals surface area contributed by atoms with Crippen LogP contribution in [0.1, 0.15) is 28.8 Å². The molecule has 0 saturated carbocycles. The quantitative estimate of drug-likeness (QED) is 0.112. The van der Waals surface area contributed by atoms with E-state index in [9.17, 15) is 17.8 Å². The van der Waals surface area contributed by atoms with Crippen LogP contribution in [0.3, 0.4) is 0 Å². The summed E-state index contributed by atoms with van der Waals surface area (Å²) in [6.07, 6.45) is 0. The molecule has 0 unspecified atom stereocenters. The molecule has 4 heteroatoms. The van der Waals surface area contributed by atoms with E-state index in [-0.39, 0.29) is 41.6 Å². The van der Waals surface area contributed by atoms with E-state index < -0.39 is 174 Å². The number of fused-ring (bicyclic) bond motifs is 10. The first-order valence-electron chi connectivity index (χ1n) is 30.8. The first kappa shape index (κ1) is 21.5. The maximum atomic E-state index is 10.6. The third-order valence-electron chi connectivity index (χ3n) is 11.9. The summed E-state index contributed by atoms with van der Waals surface area (Å²) < 4.78 is 201. The summed E-state index contributed by atoms with van der Waals surface area (Å²) in [6, 6.07) is 21.1. The second-order valence-corrected chi connectivity index (χ2v) is 20.0. The minimum Gasteiger partial charge on any atom is -0.309 e. The Hall–Kier alpha value is -7.76. The molecule has 0 amide bonds. The Morgan fingerprint density at radius 2 is 0.859 bits per heavy atom. The van der Waals surface area contributed by atoms with Crippen molar-refractivity contribution in [3.63, 3.8) is 0 Å². The van der Waals surface area contributed by atoms with Gasteiger partial charge in [0.15, 0.2) is 8.07 Å². The van der Waals surface area contributed by atoms with Gasteiger partial charge in [-0.25, -0.2) is 0 Å². The molecule has 0 atom stereocenters. The second-order valence-electron chi connectivity index (χ2n) is 15.2. The molecule has 0 bridgehead atoms. The van der Waals surface area contributed by atoms with Crippen molar-refractivity contribution in [2.24, 2.45) is 0 Å². The highest BCUT2D eigenvalue weighted by atomic mass is 32.1. The monoisotopic (exact) mass is 869 g/mol. The van der Waals surface area contributed by atoms with Crippen LogP contribution in [-0.4, -0.2) is 17.2 Å². The molecule has 3 aromatic heterocycles. The maximum absolute atomic E-state index is 10.6. The van der Waals surface area contributed by atoms with E-state index in [4.69, 9.17) is 11.0 Å². The number of benzene rings is 10. The summed E-state index contributed by atoms with van der Waals surface area (Å²) in [5.74, 6) is 0. The Labute approximate surface area is 405 Å². The van der Waals surface area contributed by atoms with E-state index in [0.29, 0.717) is 26.9 Å². The van der Waals surface area contributed by atoms with Crippen LogP contribution in [0.15, 0.2) is 242 Å². The summed E-state index contributed by atoms with van der Waals surface area (Å²) in [5, 5.41) is 0.106. The first-order chi connectivity index (χ1) is 40.5. The lowest BCUT2D eigenvalue weighted by Crippen LogP contribution is -2.74. The fourth-order valence-electron chi connectivity index (χ4n) is 9.23. The molecule has 0 spiro atoms. The van der Waals surface area contributed by atoms with Crippen LogP contribution in [-0.2, 0) is 0 Å². The van der Waals surface area contributed by atoms with Crippen molar-refractivity contribution in [3.05, 3.63) is 242 Å². The standard InChI is InChI=1S/C60H40N2SSi/c1-4-18-41(19-5-1)42-32-36-46(37-33-42)64(44-20-6-2-7-21-44,45-22-8-3-9-23-45)47-38-34-43(35-39-47)61-53-28-14-12-26-50(53)52-40-56(60-58(59(52)61)51-27-13-17-31-57(51)63-60)62-54-29-15-10-24-48(54)49-25-11-16-30-55(49)62/h1-40H/i10D,11D,12D,13D,14D,15D,16D,17D,24D,25D,26D,27D,28D,29D,30D,31D,34D,35D,38D,39D,40D. The summed E-state index contributed by atoms with van der Waals surface area (Å²) in [5.41, 5.74) is -0.790. The van der Waals surface area contributed by atoms with E-state index in [1.807, 2.05) is 115 Å². The highest BCUT2D eigenvalue weighted by Crippen LogP contribution is 2.47. The topological polar surface area (TPSA) is 9.86 Å². The molecule has 0 aliphatic rings. The molecule has 0 aliphatic carbocycles. The van der Waals surface area contributed by atoms with Crippen molar-refractivity contribution >= 4 is 104 Å². The molecular weight excluding hydrogens is 809 g/mol. The van der Waals surface area contributed by atoms with Crippen molar-refractivity contribution in [2.45, 2.75) is 0 Å². The van der Waals surface area contributed by atoms with Gasteiger partial charge in [-0.15, -0.1) is 11.3 Å². The minimum atomic E-state index is -4.02. The van der Waals surface area contributed by atoms with E-state index in [0.717, 1.165) is 20.3 Å². The molecule has 0 radical (unpaired) electrons. The van der Waals surface area contributed by atoms with Gasteiger partial charge >= 0.3 is 0 Å². The molecule has 0 saturated heterocycles. The zero-order valence-electron chi connectivity index (χ0n) is 54.3. The van der Waals surface area contributed by atoms with Gasteiger partial charge in [0.1, 0.15) is 0 Å². The van der Waals surface area contributed by atoms with Gasteiger partial charge in [0.25, 0.3) is 0 Å². The van der Waals surface area contributed by atoms with E-state index in [2.05, 4.69) is 0 Å². The lowest BCUT2D eigenvalue weighted by molar-refractivity contribution is 1.18. The number of nitrogens with zero attached hydrogens (tertiary/aromatic N) is 2. The fraction of sp³-hybridized carbons (Fsp3) is 0. The molecule has 0 N–H and O–H groups in total. The summed E-state index contributed by atoms with van der Waals surface area (Å²) in [6.45, 7) is 0. The summed E-state index contributed by atoms with van der Waals surface area (Å²) in [7, 11) is -4.02. The molecule has 300 valence electrons. The molecule has 2 nitrogen and oxygen atoms in total. The molecule has 10 aromatic carbocycles. The molecular formula is C60H40N2SSi. The average Bonchev–Trinajstić information content (AvgIpc) is 1.57. The molecule has 13 rings (SSSR count). The van der Waals surface area contributed by atoms with Crippen LogP contribution >= 0.6 is 11.3 Å². The van der Waals surface area contributed by atoms with Gasteiger partial charge in [0.05, 0.1) is 61.2 Å². The number of thiophene rings is 1. The van der Waals surface area contributed by atoms with Gasteiger partial charge in [-0.05, 0) is 74.2 Å². The third-order valence-corrected chi connectivity index (χ3v) is 17.6. The fourth-order valence-corrected chi connectivity index (χ4v) is 14.7. The second kappa shape index (κ2) is 14.7. The number of para-hydroxylation sites is 3. The first-order valence-corrected chi connectivity index (χ1v) is 23.1. The maximum Gasteiger partial charge on any atom is 0.179 e. The highest BCUT2D eigenvalue weighted by Gasteiger charge is 2.41. The molecule has 64 heavy (non-hydrogen) atoms. The lowest BCUT2D eigenvalue weighted by Gasteiger charge is -2.34.